The average molecular weight is 856 g/mol. The van der Waals surface area contributed by atoms with Crippen molar-refractivity contribution in [3.8, 4) is 11.5 Å². The predicted molar refractivity (Wildman–Crippen MR) is 228 cm³/mol. The molecule has 334 valence electrons. The fourth-order valence-electron chi connectivity index (χ4n) is 7.99. The van der Waals surface area contributed by atoms with Gasteiger partial charge in [-0.25, -0.2) is 22.5 Å². The number of alkyl halides is 2. The van der Waals surface area contributed by atoms with Crippen molar-refractivity contribution < 1.29 is 36.7 Å². The first kappa shape index (κ1) is 47.2. The van der Waals surface area contributed by atoms with Crippen LogP contribution in [0.15, 0.2) is 36.4 Å². The van der Waals surface area contributed by atoms with E-state index in [2.05, 4.69) is 26.3 Å². The molecule has 61 heavy (non-hydrogen) atoms. The molecular weight excluding hydrogens is 795 g/mol. The van der Waals surface area contributed by atoms with Crippen molar-refractivity contribution in [3.05, 3.63) is 53.6 Å². The Balaban J connectivity index is 0.000000512. The molecule has 0 bridgehead atoms. The quantitative estimate of drug-likeness (QED) is 0.0895. The minimum Gasteiger partial charge on any atom is -0.352 e. The lowest BCUT2D eigenvalue weighted by Gasteiger charge is -2.36. The van der Waals surface area contributed by atoms with Crippen molar-refractivity contribution in [1.82, 2.24) is 45.6 Å². The van der Waals surface area contributed by atoms with Gasteiger partial charge in [0.2, 0.25) is 17.7 Å². The lowest BCUT2D eigenvalue weighted by molar-refractivity contribution is -0.140. The van der Waals surface area contributed by atoms with Crippen molar-refractivity contribution in [2.24, 2.45) is 5.41 Å². The zero-order valence-electron chi connectivity index (χ0n) is 36.5. The summed E-state index contributed by atoms with van der Waals surface area (Å²) >= 11 is 0. The molecule has 4 heterocycles. The lowest BCUT2D eigenvalue weighted by atomic mass is 9.85. The Hall–Kier alpha value is -4.87. The van der Waals surface area contributed by atoms with E-state index in [9.17, 15) is 32.3 Å². The van der Waals surface area contributed by atoms with Crippen LogP contribution < -0.4 is 21.3 Å². The number of carbonyl (C=O) groups excluding carboxylic acids is 4. The number of benzene rings is 2. The van der Waals surface area contributed by atoms with E-state index in [1.807, 2.05) is 44.2 Å². The van der Waals surface area contributed by atoms with Crippen LogP contribution in [0.1, 0.15) is 66.4 Å². The fourth-order valence-corrected chi connectivity index (χ4v) is 7.99. The van der Waals surface area contributed by atoms with Crippen LogP contribution in [0.4, 0.5) is 17.6 Å². The topological polar surface area (TPSA) is 156 Å². The highest BCUT2D eigenvalue weighted by atomic mass is 19.1. The van der Waals surface area contributed by atoms with Crippen molar-refractivity contribution in [2.75, 3.05) is 34.2 Å². The van der Waals surface area contributed by atoms with Gasteiger partial charge in [0, 0.05) is 48.6 Å². The molecule has 2 aromatic heterocycles. The Bertz CT molecular complexity index is 2190. The van der Waals surface area contributed by atoms with Gasteiger partial charge in [0.25, 0.3) is 0 Å². The summed E-state index contributed by atoms with van der Waals surface area (Å²) in [5, 5.41) is 11.8. The number of nitrogens with one attached hydrogen (secondary N) is 5. The van der Waals surface area contributed by atoms with E-state index in [0.717, 1.165) is 6.29 Å². The number of aromatic amines is 1. The minimum absolute atomic E-state index is 0.0726. The molecule has 2 aliphatic rings. The first-order valence-corrected chi connectivity index (χ1v) is 21.0. The monoisotopic (exact) mass is 855 g/mol. The van der Waals surface area contributed by atoms with Gasteiger partial charge in [-0.3, -0.25) is 19.3 Å². The molecule has 2 aromatic carbocycles. The molecule has 2 aliphatic heterocycles. The second-order valence-electron chi connectivity index (χ2n) is 17.4. The van der Waals surface area contributed by atoms with Crippen molar-refractivity contribution in [3.63, 3.8) is 0 Å². The zero-order chi connectivity index (χ0) is 44.9. The van der Waals surface area contributed by atoms with Gasteiger partial charge >= 0.3 is 0 Å². The number of aromatic nitrogens is 3. The summed E-state index contributed by atoms with van der Waals surface area (Å²) in [5.74, 6) is -1.32. The first-order valence-electron chi connectivity index (χ1n) is 21.0. The molecule has 0 saturated carbocycles. The molecule has 3 amide bonds. The highest BCUT2D eigenvalue weighted by Crippen LogP contribution is 2.37. The molecule has 8 atom stereocenters. The number of nitrogens with zero attached hydrogens (tertiary/aromatic N) is 4. The van der Waals surface area contributed by atoms with Gasteiger partial charge in [-0.05, 0) is 95.6 Å². The van der Waals surface area contributed by atoms with E-state index in [4.69, 9.17) is 4.98 Å². The third-order valence-electron chi connectivity index (χ3n) is 11.9. The van der Waals surface area contributed by atoms with Crippen LogP contribution in [0.5, 0.6) is 0 Å². The molecule has 5 N–H and O–H groups in total. The number of hydrogen-bond donors (Lipinski definition) is 5. The largest absolute Gasteiger partial charge is 0.352 e. The van der Waals surface area contributed by atoms with Gasteiger partial charge in [-0.1, -0.05) is 27.7 Å². The van der Waals surface area contributed by atoms with Crippen molar-refractivity contribution in [2.45, 2.75) is 122 Å². The molecule has 13 nitrogen and oxygen atoms in total. The third kappa shape index (κ3) is 11.0. The number of amides is 3. The summed E-state index contributed by atoms with van der Waals surface area (Å²) in [5.41, 5.74) is 2.12. The maximum absolute atomic E-state index is 15.3. The Labute approximate surface area is 354 Å². The minimum atomic E-state index is -1.29. The maximum Gasteiger partial charge on any atom is 0.246 e. The highest BCUT2D eigenvalue weighted by molar-refractivity contribution is 5.93. The second-order valence-corrected chi connectivity index (χ2v) is 17.4. The van der Waals surface area contributed by atoms with Crippen LogP contribution in [0, 0.1) is 17.0 Å². The van der Waals surface area contributed by atoms with E-state index in [-0.39, 0.29) is 55.2 Å². The smallest absolute Gasteiger partial charge is 0.246 e. The number of rotatable bonds is 14. The Kier molecular flexibility index (Phi) is 15.4. The molecule has 2 fully saturated rings. The van der Waals surface area contributed by atoms with E-state index in [1.54, 1.807) is 40.1 Å². The number of hydrogen-bond acceptors (Lipinski definition) is 8. The van der Waals surface area contributed by atoms with Crippen LogP contribution in [-0.4, -0.2) is 131 Å². The standard InChI is InChI=1S/C36H45F4N7O2.C8H16N2O2/c1-19(41-5)34(48)44-32(36(2,3)4)35(49)46-17-23(40)11-24(46)15-27-26-9-7-20(37)13-28(26)42-31(27)33-43-29-14-21(38)8-10-30(29)47(33)18-25-12-22(39)16-45(25)6;1-4-7(5-11)10-8(12)6(2)9-3/h7-10,13-14,19,22-25,32,41-42H,11-12,15-18H2,1-6H3,(H,44,48);5-7,9H,4H2,1-3H3,(H,10,12). The zero-order valence-corrected chi connectivity index (χ0v) is 36.5. The van der Waals surface area contributed by atoms with Crippen LogP contribution in [0.25, 0.3) is 33.5 Å². The Morgan fingerprint density at radius 2 is 1.52 bits per heavy atom. The molecule has 4 aromatic rings. The first-order chi connectivity index (χ1) is 28.8. The van der Waals surface area contributed by atoms with Gasteiger partial charge in [-0.2, -0.15) is 0 Å². The molecule has 0 radical (unpaired) electrons. The summed E-state index contributed by atoms with van der Waals surface area (Å²) in [6.45, 7) is 11.4. The van der Waals surface area contributed by atoms with Crippen LogP contribution >= 0.6 is 0 Å². The van der Waals surface area contributed by atoms with Gasteiger partial charge in [0.05, 0.1) is 41.4 Å². The number of aldehydes is 1. The van der Waals surface area contributed by atoms with Gasteiger partial charge < -0.3 is 40.5 Å². The number of halogens is 4. The Morgan fingerprint density at radius 3 is 2.11 bits per heavy atom. The van der Waals surface area contributed by atoms with Crippen LogP contribution in [-0.2, 0) is 32.1 Å². The number of imidazole rings is 1. The average Bonchev–Trinajstić information content (AvgIpc) is 3.96. The summed E-state index contributed by atoms with van der Waals surface area (Å²) < 4.78 is 60.7. The molecule has 8 unspecified atom stereocenters. The fraction of sp³-hybridized carbons (Fsp3) is 0.568. The summed E-state index contributed by atoms with van der Waals surface area (Å²) in [7, 11) is 5.22. The molecule has 6 rings (SSSR count). The van der Waals surface area contributed by atoms with Gasteiger partial charge in [0.15, 0.2) is 5.82 Å². The molecule has 0 spiro atoms. The third-order valence-corrected chi connectivity index (χ3v) is 11.9. The maximum atomic E-state index is 15.3. The normalized spacial score (nSPS) is 21.5. The van der Waals surface area contributed by atoms with Gasteiger partial charge in [-0.15, -0.1) is 0 Å². The SMILES string of the molecule is CCC(C=O)NC(=O)C(C)NC.CNC(C)C(=O)NC(C(=O)N1CC(F)CC1Cc1c(-c2nc3cc(F)ccc3n2CC2CC(F)CN2C)[nH]c2cc(F)ccc12)C(C)(C)C. The van der Waals surface area contributed by atoms with Gasteiger partial charge in [0.1, 0.15) is 36.3 Å². The summed E-state index contributed by atoms with van der Waals surface area (Å²) in [6.07, 6.45) is -0.267. The summed E-state index contributed by atoms with van der Waals surface area (Å²) in [4.78, 5) is 60.3. The predicted octanol–water partition coefficient (Wildman–Crippen LogP) is 4.81. The van der Waals surface area contributed by atoms with E-state index in [0.29, 0.717) is 64.9 Å². The number of H-pyrrole nitrogens is 1. The van der Waals surface area contributed by atoms with E-state index in [1.165, 1.54) is 29.2 Å². The summed E-state index contributed by atoms with van der Waals surface area (Å²) in [6, 6.07) is 5.92. The van der Waals surface area contributed by atoms with Crippen LogP contribution in [0.2, 0.25) is 0 Å². The van der Waals surface area contributed by atoms with Crippen LogP contribution in [0.3, 0.4) is 0 Å². The Morgan fingerprint density at radius 1 is 0.918 bits per heavy atom. The molecule has 2 saturated heterocycles. The highest BCUT2D eigenvalue weighted by Gasteiger charge is 2.43. The second kappa shape index (κ2) is 19.9. The van der Waals surface area contributed by atoms with E-state index >= 15 is 4.39 Å². The molecule has 17 heteroatoms. The number of likely N-dealkylation sites (tertiary alicyclic amines) is 2. The van der Waals surface area contributed by atoms with E-state index < -0.39 is 47.5 Å². The molecule has 0 aliphatic carbocycles. The van der Waals surface area contributed by atoms with Crippen molar-refractivity contribution in [1.29, 1.82) is 0 Å². The number of fused-ring (bicyclic) bond motifs is 2. The van der Waals surface area contributed by atoms with Crippen molar-refractivity contribution >= 4 is 45.9 Å². The number of likely N-dealkylation sites (N-methyl/N-ethyl adjacent to an activating group) is 3. The molecular formula is C44H61F4N9O4. The lowest BCUT2D eigenvalue weighted by Crippen LogP contribution is -2.58. The number of carbonyl (C=O) groups is 4.